The Morgan fingerprint density at radius 1 is 0.771 bits per heavy atom. The van der Waals surface area contributed by atoms with Gasteiger partial charge in [0, 0.05) is 7.05 Å². The van der Waals surface area contributed by atoms with Gasteiger partial charge in [0.25, 0.3) is 5.15 Å². The maximum Gasteiger partial charge on any atom is 0.313 e. The van der Waals surface area contributed by atoms with Crippen LogP contribution >= 0.6 is 46.4 Å². The molecule has 0 atom stereocenters. The number of aryl methyl sites for hydroxylation is 1. The Morgan fingerprint density at radius 3 is 1.74 bits per heavy atom. The Morgan fingerprint density at radius 2 is 1.26 bits per heavy atom. The second-order valence-corrected chi connectivity index (χ2v) is 7.24. The van der Waals surface area contributed by atoms with E-state index in [4.69, 9.17) is 87.9 Å². The monoisotopic (exact) mass is 556 g/mol. The van der Waals surface area contributed by atoms with Crippen LogP contribution in [0.15, 0.2) is 0 Å². The lowest BCUT2D eigenvalue weighted by molar-refractivity contribution is 1.14. The summed E-state index contributed by atoms with van der Waals surface area (Å²) in [5, 5.41) is 10.2. The van der Waals surface area contributed by atoms with Crippen molar-refractivity contribution in [3.05, 3.63) is 54.8 Å². The van der Waals surface area contributed by atoms with E-state index in [9.17, 15) is 0 Å². The van der Waals surface area contributed by atoms with Crippen molar-refractivity contribution in [2.75, 3.05) is 29.6 Å². The van der Waals surface area contributed by atoms with E-state index in [2.05, 4.69) is 44.9 Å². The average Bonchev–Trinajstić information content (AvgIpc) is 2.80. The molecule has 0 spiro atoms. The van der Waals surface area contributed by atoms with Gasteiger partial charge in [0.05, 0.1) is 5.69 Å². The molecule has 0 unspecified atom stereocenters. The van der Waals surface area contributed by atoms with Gasteiger partial charge in [-0.1, -0.05) is 36.3 Å². The van der Waals surface area contributed by atoms with Crippen LogP contribution in [0.1, 0.15) is 11.4 Å². The molecule has 0 saturated carbocycles. The van der Waals surface area contributed by atoms with Crippen molar-refractivity contribution in [3.8, 4) is 0 Å². The van der Waals surface area contributed by atoms with Crippen LogP contribution in [-0.2, 0) is 0 Å². The number of nitrogens with one attached hydrogen (secondary N) is 2. The molecule has 0 saturated heterocycles. The number of hydrogen-bond donors (Lipinski definition) is 6. The van der Waals surface area contributed by atoms with E-state index in [1.807, 2.05) is 0 Å². The van der Waals surface area contributed by atoms with Crippen LogP contribution in [0.5, 0.6) is 0 Å². The molecule has 3 rings (SSSR count). The molecular formula is C17H16Cl4N14. The Bertz CT molecular complexity index is 1260. The predicted molar refractivity (Wildman–Crippen MR) is 137 cm³/mol. The molecule has 0 aliphatic carbocycles. The first kappa shape index (κ1) is 29.1. The number of nitrogen functional groups attached to an aromatic ring is 4. The van der Waals surface area contributed by atoms with E-state index in [-0.39, 0.29) is 61.2 Å². The van der Waals surface area contributed by atoms with Gasteiger partial charge in [-0.15, -0.1) is 9.97 Å². The largest absolute Gasteiger partial charge is 0.391 e. The SMILES string of the molecule is CNc1nc(N)c(C(=N)N)nc1Cl.[C-]#[N+]c1nc(Cl)c(C)nc1N.[C-]#[N+]c1nc(Cl)c(Cl)nc1N. The van der Waals surface area contributed by atoms with Crippen molar-refractivity contribution >= 4 is 87.1 Å². The van der Waals surface area contributed by atoms with Gasteiger partial charge in [0.2, 0.25) is 5.15 Å². The lowest BCUT2D eigenvalue weighted by Crippen LogP contribution is -2.17. The zero-order valence-electron chi connectivity index (χ0n) is 17.9. The molecule has 35 heavy (non-hydrogen) atoms. The van der Waals surface area contributed by atoms with Crippen LogP contribution in [0.2, 0.25) is 20.6 Å². The molecule has 0 aliphatic heterocycles. The second-order valence-electron chi connectivity index (χ2n) is 5.81. The number of amidine groups is 1. The smallest absolute Gasteiger partial charge is 0.313 e. The maximum atomic E-state index is 7.12. The lowest BCUT2D eigenvalue weighted by atomic mass is 10.4. The summed E-state index contributed by atoms with van der Waals surface area (Å²) in [6, 6.07) is 0. The summed E-state index contributed by atoms with van der Waals surface area (Å²) in [5.41, 5.74) is 21.9. The minimum atomic E-state index is -0.255. The van der Waals surface area contributed by atoms with Crippen molar-refractivity contribution in [2.24, 2.45) is 5.73 Å². The standard InChI is InChI=1S/C6H9ClN6.C6H5ClN4.C5H2Cl2N4/c1-11-6-3(7)12-2(4(8)9)5(10)13-6;1-3-4(7)11-6(9-2)5(8)10-3;1-9-5-4(8)10-2(6)3(7)11-5/h1H3,(H3,8,9)(H3,10,11,13);1H3,(H2,8,10);(H2,8,10). The Labute approximate surface area is 219 Å². The molecule has 18 heteroatoms. The van der Waals surface area contributed by atoms with E-state index in [1.165, 1.54) is 0 Å². The van der Waals surface area contributed by atoms with E-state index in [0.29, 0.717) is 11.5 Å². The van der Waals surface area contributed by atoms with E-state index < -0.39 is 0 Å². The van der Waals surface area contributed by atoms with Crippen molar-refractivity contribution < 1.29 is 0 Å². The molecule has 3 aromatic heterocycles. The number of nitrogens with zero attached hydrogens (tertiary/aromatic N) is 8. The van der Waals surface area contributed by atoms with Gasteiger partial charge in [0.15, 0.2) is 27.8 Å². The molecule has 0 aliphatic rings. The summed E-state index contributed by atoms with van der Waals surface area (Å²) < 4.78 is 0. The third kappa shape index (κ3) is 8.09. The molecule has 182 valence electrons. The van der Waals surface area contributed by atoms with Gasteiger partial charge in [-0.3, -0.25) is 5.41 Å². The third-order valence-corrected chi connectivity index (χ3v) is 4.67. The second kappa shape index (κ2) is 13.1. The minimum Gasteiger partial charge on any atom is -0.391 e. The number of nitrogens with two attached hydrogens (primary N) is 4. The predicted octanol–water partition coefficient (Wildman–Crippen LogP) is 3.53. The molecule has 3 aromatic rings. The highest BCUT2D eigenvalue weighted by atomic mass is 35.5. The zero-order chi connectivity index (χ0) is 26.9. The highest BCUT2D eigenvalue weighted by molar-refractivity contribution is 6.40. The van der Waals surface area contributed by atoms with Crippen LogP contribution in [0.4, 0.5) is 34.9 Å². The summed E-state index contributed by atoms with van der Waals surface area (Å²) in [7, 11) is 1.64. The lowest BCUT2D eigenvalue weighted by Gasteiger charge is -2.06. The summed E-state index contributed by atoms with van der Waals surface area (Å²) in [6.07, 6.45) is 0. The molecule has 0 amide bonds. The van der Waals surface area contributed by atoms with Crippen molar-refractivity contribution in [1.82, 2.24) is 29.9 Å². The molecule has 0 radical (unpaired) electrons. The molecule has 0 aromatic carbocycles. The molecule has 10 N–H and O–H groups in total. The van der Waals surface area contributed by atoms with Gasteiger partial charge in [-0.2, -0.15) is 0 Å². The maximum absolute atomic E-state index is 7.12. The summed E-state index contributed by atoms with van der Waals surface area (Å²) in [6.45, 7) is 14.9. The van der Waals surface area contributed by atoms with Crippen LogP contribution in [-0.4, -0.2) is 42.8 Å². The van der Waals surface area contributed by atoms with Gasteiger partial charge in [-0.25, -0.2) is 19.9 Å². The van der Waals surface area contributed by atoms with Crippen molar-refractivity contribution in [3.63, 3.8) is 0 Å². The fourth-order valence-corrected chi connectivity index (χ4v) is 2.46. The molecule has 0 fully saturated rings. The number of aromatic nitrogens is 6. The Hall–Kier alpha value is -3.95. The van der Waals surface area contributed by atoms with Crippen LogP contribution < -0.4 is 28.3 Å². The van der Waals surface area contributed by atoms with Crippen LogP contribution in [0.3, 0.4) is 0 Å². The molecule has 3 heterocycles. The average molecular weight is 558 g/mol. The Balaban J connectivity index is 0.000000264. The normalized spacial score (nSPS) is 9.37. The van der Waals surface area contributed by atoms with E-state index >= 15 is 0 Å². The first-order chi connectivity index (χ1) is 16.4. The van der Waals surface area contributed by atoms with Crippen molar-refractivity contribution in [2.45, 2.75) is 6.92 Å². The van der Waals surface area contributed by atoms with E-state index in [0.717, 1.165) is 0 Å². The van der Waals surface area contributed by atoms with Crippen molar-refractivity contribution in [1.29, 1.82) is 5.41 Å². The topological polar surface area (TPSA) is 226 Å². The van der Waals surface area contributed by atoms with E-state index in [1.54, 1.807) is 14.0 Å². The minimum absolute atomic E-state index is 0.00519. The number of rotatable bonds is 2. The van der Waals surface area contributed by atoms with Gasteiger partial charge < -0.3 is 37.9 Å². The first-order valence-electron chi connectivity index (χ1n) is 8.74. The number of anilines is 4. The van der Waals surface area contributed by atoms with Crippen LogP contribution in [0.25, 0.3) is 9.69 Å². The first-order valence-corrected chi connectivity index (χ1v) is 10.3. The van der Waals surface area contributed by atoms with Gasteiger partial charge in [-0.05, 0) is 30.1 Å². The fourth-order valence-electron chi connectivity index (χ4n) is 1.86. The van der Waals surface area contributed by atoms with Gasteiger partial charge >= 0.3 is 11.6 Å². The zero-order valence-corrected chi connectivity index (χ0v) is 20.9. The molecular weight excluding hydrogens is 542 g/mol. The summed E-state index contributed by atoms with van der Waals surface area (Å²) in [5.74, 6) is 0.344. The summed E-state index contributed by atoms with van der Waals surface area (Å²) >= 11 is 22.2. The summed E-state index contributed by atoms with van der Waals surface area (Å²) in [4.78, 5) is 28.4. The quantitative estimate of drug-likeness (QED) is 0.151. The van der Waals surface area contributed by atoms with Crippen LogP contribution in [0, 0.1) is 25.5 Å². The third-order valence-electron chi connectivity index (χ3n) is 3.43. The highest BCUT2D eigenvalue weighted by Crippen LogP contribution is 2.25. The van der Waals surface area contributed by atoms with Gasteiger partial charge in [0.1, 0.15) is 17.3 Å². The molecule has 14 nitrogen and oxygen atoms in total. The highest BCUT2D eigenvalue weighted by Gasteiger charge is 2.11. The molecule has 0 bridgehead atoms. The fraction of sp³-hybridized carbons (Fsp3) is 0.118. The number of halogens is 4. The number of hydrogen-bond acceptors (Lipinski definition) is 11. The Kier molecular flexibility index (Phi) is 10.9.